The smallest absolute Gasteiger partial charge is 0.104 e. The molecule has 0 unspecified atom stereocenters. The van der Waals surface area contributed by atoms with E-state index >= 15 is 0 Å². The minimum absolute atomic E-state index is 0.295. The minimum Gasteiger partial charge on any atom is -0.384 e. The van der Waals surface area contributed by atoms with Gasteiger partial charge in [-0.2, -0.15) is 0 Å². The summed E-state index contributed by atoms with van der Waals surface area (Å²) in [6.45, 7) is 0. The summed E-state index contributed by atoms with van der Waals surface area (Å²) in [5.74, 6) is 0.644. The predicted molar refractivity (Wildman–Crippen MR) is 62.0 cm³/mol. The molecule has 1 aliphatic rings. The monoisotopic (exact) mass is 224 g/mol. The predicted octanol–water partition coefficient (Wildman–Crippen LogP) is 1.66. The summed E-state index contributed by atoms with van der Waals surface area (Å²) in [5.41, 5.74) is 0.0311. The van der Waals surface area contributed by atoms with Gasteiger partial charge in [0, 0.05) is 17.1 Å². The zero-order valence-corrected chi connectivity index (χ0v) is 9.67. The van der Waals surface area contributed by atoms with Gasteiger partial charge in [0.05, 0.1) is 5.75 Å². The molecule has 0 saturated heterocycles. The lowest BCUT2D eigenvalue weighted by Crippen LogP contribution is -2.34. The van der Waals surface area contributed by atoms with E-state index in [1.165, 1.54) is 0 Å². The summed E-state index contributed by atoms with van der Waals surface area (Å²) in [5, 5.41) is 10.6. The van der Waals surface area contributed by atoms with Crippen molar-refractivity contribution in [3.05, 3.63) is 35.9 Å². The molecule has 2 nitrogen and oxygen atoms in total. The molecule has 2 atom stereocenters. The van der Waals surface area contributed by atoms with E-state index in [1.807, 2.05) is 30.3 Å². The first-order valence-electron chi connectivity index (χ1n) is 5.21. The van der Waals surface area contributed by atoms with Crippen molar-refractivity contribution in [1.82, 2.24) is 0 Å². The van der Waals surface area contributed by atoms with Crippen molar-refractivity contribution < 1.29 is 9.32 Å². The van der Waals surface area contributed by atoms with E-state index in [2.05, 4.69) is 0 Å². The van der Waals surface area contributed by atoms with Crippen LogP contribution in [-0.2, 0) is 16.4 Å². The van der Waals surface area contributed by atoms with Crippen molar-refractivity contribution in [2.45, 2.75) is 18.4 Å². The molecule has 0 amide bonds. The van der Waals surface area contributed by atoms with Crippen LogP contribution in [0.2, 0.25) is 0 Å². The van der Waals surface area contributed by atoms with Crippen molar-refractivity contribution >= 4 is 10.8 Å². The lowest BCUT2D eigenvalue weighted by molar-refractivity contribution is 0.0375. The molecule has 3 heteroatoms. The zero-order chi connectivity index (χ0) is 10.9. The minimum atomic E-state index is -0.966. The van der Waals surface area contributed by atoms with Gasteiger partial charge < -0.3 is 5.11 Å². The third-order valence-corrected chi connectivity index (χ3v) is 3.80. The topological polar surface area (TPSA) is 37.3 Å². The van der Waals surface area contributed by atoms with Gasteiger partial charge >= 0.3 is 0 Å². The molecule has 82 valence electrons. The van der Waals surface area contributed by atoms with E-state index in [0.29, 0.717) is 11.7 Å². The van der Waals surface area contributed by atoms with Crippen molar-refractivity contribution in [3.63, 3.8) is 0 Å². The largest absolute Gasteiger partial charge is 0.384 e. The van der Waals surface area contributed by atoms with Crippen LogP contribution in [0.25, 0.3) is 0 Å². The number of aliphatic hydroxyl groups is 1. The Morgan fingerprint density at radius 2 is 2.00 bits per heavy atom. The van der Waals surface area contributed by atoms with Crippen LogP contribution in [0, 0.1) is 5.92 Å². The van der Waals surface area contributed by atoms with Crippen LogP contribution in [0.4, 0.5) is 0 Å². The van der Waals surface area contributed by atoms with Gasteiger partial charge in [-0.15, -0.1) is 0 Å². The normalized spacial score (nSPS) is 22.0. The second kappa shape index (κ2) is 4.06. The van der Waals surface area contributed by atoms with Crippen molar-refractivity contribution in [3.8, 4) is 0 Å². The highest BCUT2D eigenvalue weighted by atomic mass is 32.2. The average molecular weight is 224 g/mol. The fourth-order valence-electron chi connectivity index (χ4n) is 2.03. The molecule has 1 fully saturated rings. The number of hydrogen-bond donors (Lipinski definition) is 1. The van der Waals surface area contributed by atoms with Crippen LogP contribution in [0.5, 0.6) is 0 Å². The Morgan fingerprint density at radius 3 is 2.47 bits per heavy atom. The molecule has 2 rings (SSSR count). The second-order valence-corrected chi connectivity index (χ2v) is 5.72. The Hall–Kier alpha value is -0.670. The highest BCUT2D eigenvalue weighted by Crippen LogP contribution is 2.46. The summed E-state index contributed by atoms with van der Waals surface area (Å²) >= 11 is 0. The number of benzene rings is 1. The van der Waals surface area contributed by atoms with Crippen LogP contribution >= 0.6 is 0 Å². The molecule has 1 N–H and O–H groups in total. The first kappa shape index (κ1) is 10.8. The number of hydrogen-bond acceptors (Lipinski definition) is 2. The van der Waals surface area contributed by atoms with Crippen LogP contribution in [0.1, 0.15) is 18.4 Å². The molecule has 0 radical (unpaired) electrons. The Balaban J connectivity index is 2.30. The van der Waals surface area contributed by atoms with Crippen LogP contribution < -0.4 is 0 Å². The maximum Gasteiger partial charge on any atom is 0.104 e. The molecule has 0 heterocycles. The maximum absolute atomic E-state index is 11.3. The van der Waals surface area contributed by atoms with Gasteiger partial charge in [-0.3, -0.25) is 4.21 Å². The van der Waals surface area contributed by atoms with Crippen molar-refractivity contribution in [1.29, 1.82) is 0 Å². The molecule has 0 bridgehead atoms. The lowest BCUT2D eigenvalue weighted by Gasteiger charge is -2.27. The molecule has 1 aromatic rings. The van der Waals surface area contributed by atoms with E-state index in [1.54, 1.807) is 6.26 Å². The van der Waals surface area contributed by atoms with E-state index in [0.717, 1.165) is 18.4 Å². The van der Waals surface area contributed by atoms with Gasteiger partial charge in [0.15, 0.2) is 0 Å². The van der Waals surface area contributed by atoms with E-state index in [-0.39, 0.29) is 0 Å². The SMILES string of the molecule is C[S@](=O)C[C@@](O)(c1ccccc1)C1CC1. The van der Waals surface area contributed by atoms with Crippen molar-refractivity contribution in [2.24, 2.45) is 5.92 Å². The van der Waals surface area contributed by atoms with Gasteiger partial charge in [0.2, 0.25) is 0 Å². The van der Waals surface area contributed by atoms with E-state index < -0.39 is 16.4 Å². The fourth-order valence-corrected chi connectivity index (χ4v) is 3.06. The standard InChI is InChI=1S/C12H16O2S/c1-15(14)9-12(13,11-7-8-11)10-5-3-2-4-6-10/h2-6,11,13H,7-9H2,1H3/t12-,15+/m1/s1. The molecule has 15 heavy (non-hydrogen) atoms. The third kappa shape index (κ3) is 2.29. The quantitative estimate of drug-likeness (QED) is 0.844. The van der Waals surface area contributed by atoms with Crippen LogP contribution in [-0.4, -0.2) is 21.3 Å². The summed E-state index contributed by atoms with van der Waals surface area (Å²) in [4.78, 5) is 0. The summed E-state index contributed by atoms with van der Waals surface area (Å²) in [6.07, 6.45) is 3.74. The van der Waals surface area contributed by atoms with E-state index in [9.17, 15) is 9.32 Å². The van der Waals surface area contributed by atoms with Gasteiger partial charge in [-0.25, -0.2) is 0 Å². The Bertz CT molecular complexity index is 359. The van der Waals surface area contributed by atoms with Gasteiger partial charge in [-0.1, -0.05) is 30.3 Å². The van der Waals surface area contributed by atoms with Crippen LogP contribution in [0.3, 0.4) is 0 Å². The van der Waals surface area contributed by atoms with Gasteiger partial charge in [0.25, 0.3) is 0 Å². The zero-order valence-electron chi connectivity index (χ0n) is 8.85. The molecule has 0 aliphatic heterocycles. The first-order valence-corrected chi connectivity index (χ1v) is 6.93. The maximum atomic E-state index is 11.3. The number of rotatable bonds is 4. The third-order valence-electron chi connectivity index (χ3n) is 2.95. The summed E-state index contributed by atoms with van der Waals surface area (Å²) in [6, 6.07) is 9.61. The van der Waals surface area contributed by atoms with Crippen molar-refractivity contribution in [2.75, 3.05) is 12.0 Å². The second-order valence-electron chi connectivity index (χ2n) is 4.28. The molecule has 1 aromatic carbocycles. The van der Waals surface area contributed by atoms with Gasteiger partial charge in [0.1, 0.15) is 5.60 Å². The highest BCUT2D eigenvalue weighted by molar-refractivity contribution is 7.84. The first-order chi connectivity index (χ1) is 7.13. The molecular weight excluding hydrogens is 208 g/mol. The Morgan fingerprint density at radius 1 is 1.40 bits per heavy atom. The molecule has 0 aromatic heterocycles. The molecule has 1 aliphatic carbocycles. The fraction of sp³-hybridized carbons (Fsp3) is 0.500. The molecular formula is C12H16O2S. The Kier molecular flexibility index (Phi) is 2.94. The highest BCUT2D eigenvalue weighted by Gasteiger charge is 2.45. The van der Waals surface area contributed by atoms with Crippen LogP contribution in [0.15, 0.2) is 30.3 Å². The lowest BCUT2D eigenvalue weighted by atomic mass is 9.91. The Labute approximate surface area is 92.8 Å². The summed E-state index contributed by atoms with van der Waals surface area (Å²) in [7, 11) is -0.966. The van der Waals surface area contributed by atoms with E-state index in [4.69, 9.17) is 0 Å². The average Bonchev–Trinajstić information content (AvgIpc) is 3.01. The molecule has 0 spiro atoms. The molecule has 1 saturated carbocycles. The van der Waals surface area contributed by atoms with Gasteiger partial charge in [-0.05, 0) is 24.3 Å². The summed E-state index contributed by atoms with van der Waals surface area (Å²) < 4.78 is 11.3.